The molecule has 1 aromatic rings. The van der Waals surface area contributed by atoms with E-state index in [0.717, 1.165) is 29.6 Å². The lowest BCUT2D eigenvalue weighted by Crippen LogP contribution is -2.37. The van der Waals surface area contributed by atoms with Gasteiger partial charge in [0, 0.05) is 5.56 Å². The highest BCUT2D eigenvalue weighted by Crippen LogP contribution is 2.34. The molecule has 0 aromatic heterocycles. The van der Waals surface area contributed by atoms with Crippen molar-refractivity contribution < 1.29 is 9.53 Å². The summed E-state index contributed by atoms with van der Waals surface area (Å²) in [6, 6.07) is 5.11. The van der Waals surface area contributed by atoms with Crippen molar-refractivity contribution in [3.8, 4) is 5.75 Å². The Hall–Kier alpha value is -1.07. The second-order valence-electron chi connectivity index (χ2n) is 4.32. The highest BCUT2D eigenvalue weighted by Gasteiger charge is 2.29. The lowest BCUT2D eigenvalue weighted by molar-refractivity contribution is 0.0683. The molecule has 0 spiro atoms. The van der Waals surface area contributed by atoms with Gasteiger partial charge in [-0.05, 0) is 59.4 Å². The zero-order valence-corrected chi connectivity index (χ0v) is 10.9. The molecule has 1 aliphatic rings. The average Bonchev–Trinajstić information content (AvgIpc) is 2.24. The lowest BCUT2D eigenvalue weighted by Gasteiger charge is -2.34. The number of halogens is 1. The Kier molecular flexibility index (Phi) is 3.69. The summed E-state index contributed by atoms with van der Waals surface area (Å²) in [7, 11) is 0. The van der Waals surface area contributed by atoms with Gasteiger partial charge in [0.2, 0.25) is 5.91 Å². The summed E-state index contributed by atoms with van der Waals surface area (Å²) < 4.78 is 6.55. The van der Waals surface area contributed by atoms with Crippen molar-refractivity contribution in [2.45, 2.75) is 18.9 Å². The third-order valence-electron chi connectivity index (χ3n) is 3.04. The minimum absolute atomic E-state index is 0.235. The van der Waals surface area contributed by atoms with Gasteiger partial charge in [-0.2, -0.15) is 0 Å². The second-order valence-corrected chi connectivity index (χ2v) is 5.18. The summed E-state index contributed by atoms with van der Waals surface area (Å²) in [5, 5.41) is 0. The monoisotopic (exact) mass is 298 g/mol. The van der Waals surface area contributed by atoms with Gasteiger partial charge >= 0.3 is 0 Å². The van der Waals surface area contributed by atoms with Crippen molar-refractivity contribution in [1.29, 1.82) is 0 Å². The minimum atomic E-state index is -0.441. The molecule has 1 amide bonds. The van der Waals surface area contributed by atoms with Gasteiger partial charge in [0.1, 0.15) is 5.75 Å². The third kappa shape index (κ3) is 2.79. The first-order chi connectivity index (χ1) is 8.10. The van der Waals surface area contributed by atoms with Crippen molar-refractivity contribution in [2.75, 3.05) is 6.54 Å². The van der Waals surface area contributed by atoms with Gasteiger partial charge in [0.05, 0.1) is 10.6 Å². The zero-order chi connectivity index (χ0) is 12.4. The number of carbonyl (C=O) groups excluding carboxylic acids is 1. The van der Waals surface area contributed by atoms with Crippen LogP contribution in [0.4, 0.5) is 0 Å². The van der Waals surface area contributed by atoms with Crippen LogP contribution in [0.5, 0.6) is 5.75 Å². The molecule has 0 unspecified atom stereocenters. The first-order valence-corrected chi connectivity index (χ1v) is 6.35. The molecule has 4 nitrogen and oxygen atoms in total. The molecule has 0 bridgehead atoms. The molecule has 2 rings (SSSR count). The fourth-order valence-corrected chi connectivity index (χ4v) is 2.36. The maximum absolute atomic E-state index is 11.0. The highest BCUT2D eigenvalue weighted by atomic mass is 79.9. The molecule has 1 aliphatic carbocycles. The number of hydrogen-bond acceptors (Lipinski definition) is 3. The maximum Gasteiger partial charge on any atom is 0.248 e. The number of rotatable bonds is 4. The number of primary amides is 1. The van der Waals surface area contributed by atoms with Crippen molar-refractivity contribution in [1.82, 2.24) is 0 Å². The summed E-state index contributed by atoms with van der Waals surface area (Å²) >= 11 is 3.37. The maximum atomic E-state index is 11.0. The Balaban J connectivity index is 2.00. The van der Waals surface area contributed by atoms with E-state index in [1.54, 1.807) is 18.2 Å². The third-order valence-corrected chi connectivity index (χ3v) is 3.66. The molecule has 4 N–H and O–H groups in total. The van der Waals surface area contributed by atoms with E-state index in [2.05, 4.69) is 15.9 Å². The smallest absolute Gasteiger partial charge is 0.248 e. The fraction of sp³-hybridized carbons (Fsp3) is 0.417. The minimum Gasteiger partial charge on any atom is -0.489 e. The standard InChI is InChI=1S/C12H15BrN2O2/c13-10-5-8(12(15)16)1-2-11(10)17-9-3-7(4-9)6-14/h1-2,5,7,9H,3-4,6,14H2,(H2,15,16). The predicted octanol–water partition coefficient (Wildman–Crippen LogP) is 1.66. The predicted molar refractivity (Wildman–Crippen MR) is 68.9 cm³/mol. The molecule has 92 valence electrons. The SMILES string of the molecule is NCC1CC(Oc2ccc(C(N)=O)cc2Br)C1. The van der Waals surface area contributed by atoms with Crippen LogP contribution in [0.3, 0.4) is 0 Å². The van der Waals surface area contributed by atoms with Gasteiger partial charge in [-0.25, -0.2) is 0 Å². The van der Waals surface area contributed by atoms with Crippen molar-refractivity contribution in [2.24, 2.45) is 17.4 Å². The average molecular weight is 299 g/mol. The first kappa shape index (κ1) is 12.4. The summed E-state index contributed by atoms with van der Waals surface area (Å²) in [5.74, 6) is 0.892. The number of hydrogen-bond donors (Lipinski definition) is 2. The van der Waals surface area contributed by atoms with Crippen LogP contribution in [0.25, 0.3) is 0 Å². The Morgan fingerprint density at radius 3 is 2.71 bits per heavy atom. The molecule has 0 aliphatic heterocycles. The van der Waals surface area contributed by atoms with Crippen LogP contribution in [0.15, 0.2) is 22.7 Å². The van der Waals surface area contributed by atoms with E-state index in [1.165, 1.54) is 0 Å². The number of carbonyl (C=O) groups is 1. The van der Waals surface area contributed by atoms with Gasteiger partial charge < -0.3 is 16.2 Å². The number of benzene rings is 1. The van der Waals surface area contributed by atoms with Crippen molar-refractivity contribution >= 4 is 21.8 Å². The molecule has 0 saturated heterocycles. The second kappa shape index (κ2) is 5.06. The summed E-state index contributed by atoms with van der Waals surface area (Å²) in [4.78, 5) is 11.0. The van der Waals surface area contributed by atoms with Gasteiger partial charge in [-0.15, -0.1) is 0 Å². The molecule has 0 heterocycles. The van der Waals surface area contributed by atoms with E-state index in [-0.39, 0.29) is 6.10 Å². The normalized spacial score (nSPS) is 22.9. The molecule has 0 atom stereocenters. The van der Waals surface area contributed by atoms with Crippen LogP contribution in [0, 0.1) is 5.92 Å². The van der Waals surface area contributed by atoms with E-state index in [1.807, 2.05) is 0 Å². The Morgan fingerprint density at radius 1 is 1.47 bits per heavy atom. The Labute approximate surface area is 108 Å². The summed E-state index contributed by atoms with van der Waals surface area (Å²) in [5.41, 5.74) is 11.2. The molecule has 1 aromatic carbocycles. The molecule has 0 radical (unpaired) electrons. The van der Waals surface area contributed by atoms with E-state index >= 15 is 0 Å². The van der Waals surface area contributed by atoms with Crippen LogP contribution in [0.1, 0.15) is 23.2 Å². The molecule has 17 heavy (non-hydrogen) atoms. The first-order valence-electron chi connectivity index (χ1n) is 5.56. The van der Waals surface area contributed by atoms with Gasteiger partial charge in [-0.1, -0.05) is 0 Å². The molecule has 1 saturated carbocycles. The fourth-order valence-electron chi connectivity index (χ4n) is 1.89. The quantitative estimate of drug-likeness (QED) is 0.887. The molecular formula is C12H15BrN2O2. The van der Waals surface area contributed by atoms with Crippen LogP contribution in [-0.4, -0.2) is 18.6 Å². The lowest BCUT2D eigenvalue weighted by atomic mass is 9.82. The summed E-state index contributed by atoms with van der Waals surface area (Å²) in [6.07, 6.45) is 2.24. The largest absolute Gasteiger partial charge is 0.489 e. The zero-order valence-electron chi connectivity index (χ0n) is 9.36. The van der Waals surface area contributed by atoms with Crippen LogP contribution >= 0.6 is 15.9 Å². The number of nitrogens with two attached hydrogens (primary N) is 2. The van der Waals surface area contributed by atoms with Crippen molar-refractivity contribution in [3.63, 3.8) is 0 Å². The van der Waals surface area contributed by atoms with Gasteiger partial charge in [-0.3, -0.25) is 4.79 Å². The van der Waals surface area contributed by atoms with E-state index in [0.29, 0.717) is 11.5 Å². The van der Waals surface area contributed by atoms with Crippen LogP contribution in [-0.2, 0) is 0 Å². The number of amides is 1. The molecule has 1 fully saturated rings. The van der Waals surface area contributed by atoms with Gasteiger partial charge in [0.15, 0.2) is 0 Å². The van der Waals surface area contributed by atoms with Crippen LogP contribution in [0.2, 0.25) is 0 Å². The Bertz CT molecular complexity index is 431. The molecular weight excluding hydrogens is 284 g/mol. The molecule has 5 heteroatoms. The van der Waals surface area contributed by atoms with E-state index in [4.69, 9.17) is 16.2 Å². The van der Waals surface area contributed by atoms with Crippen molar-refractivity contribution in [3.05, 3.63) is 28.2 Å². The van der Waals surface area contributed by atoms with Crippen LogP contribution < -0.4 is 16.2 Å². The number of ether oxygens (including phenoxy) is 1. The topological polar surface area (TPSA) is 78.3 Å². The Morgan fingerprint density at radius 2 is 2.18 bits per heavy atom. The highest BCUT2D eigenvalue weighted by molar-refractivity contribution is 9.10. The summed E-state index contributed by atoms with van der Waals surface area (Å²) in [6.45, 7) is 0.724. The van der Waals surface area contributed by atoms with Gasteiger partial charge in [0.25, 0.3) is 0 Å². The van der Waals surface area contributed by atoms with E-state index in [9.17, 15) is 4.79 Å². The van der Waals surface area contributed by atoms with E-state index < -0.39 is 5.91 Å².